The number of nitrogens with one attached hydrogen (secondary N) is 1. The minimum Gasteiger partial charge on any atom is -0.454 e. The van der Waals surface area contributed by atoms with Gasteiger partial charge in [0.25, 0.3) is 0 Å². The summed E-state index contributed by atoms with van der Waals surface area (Å²) in [5, 5.41) is 57.1. The van der Waals surface area contributed by atoms with Crippen LogP contribution in [0.25, 0.3) is 0 Å². The van der Waals surface area contributed by atoms with Crippen LogP contribution < -0.4 is 5.32 Å². The first-order valence-electron chi connectivity index (χ1n) is 34.1. The van der Waals surface area contributed by atoms with E-state index in [0.717, 1.165) is 89.9 Å². The van der Waals surface area contributed by atoms with Crippen LogP contribution in [0.3, 0.4) is 0 Å². The van der Waals surface area contributed by atoms with Gasteiger partial charge in [0, 0.05) is 6.42 Å². The van der Waals surface area contributed by atoms with Crippen molar-refractivity contribution in [1.29, 1.82) is 0 Å². The van der Waals surface area contributed by atoms with E-state index >= 15 is 0 Å². The maximum Gasteiger partial charge on any atom is 0.306 e. The molecule has 81 heavy (non-hydrogen) atoms. The molecule has 11 nitrogen and oxygen atoms in total. The lowest BCUT2D eigenvalue weighted by molar-refractivity contribution is -0.305. The third kappa shape index (κ3) is 45.4. The average Bonchev–Trinajstić information content (AvgIpc) is 3.52. The Morgan fingerprint density at radius 1 is 0.481 bits per heavy atom. The number of aliphatic hydroxyl groups excluding tert-OH is 5. The van der Waals surface area contributed by atoms with Crippen LogP contribution in [0.4, 0.5) is 0 Å². The van der Waals surface area contributed by atoms with Gasteiger partial charge in [-0.3, -0.25) is 9.59 Å². The van der Waals surface area contributed by atoms with Crippen molar-refractivity contribution in [2.24, 2.45) is 0 Å². The van der Waals surface area contributed by atoms with Gasteiger partial charge in [-0.1, -0.05) is 274 Å². The van der Waals surface area contributed by atoms with Gasteiger partial charge in [-0.2, -0.15) is 0 Å². The molecule has 1 saturated heterocycles. The van der Waals surface area contributed by atoms with E-state index in [1.807, 2.05) is 6.08 Å². The van der Waals surface area contributed by atoms with Crippen molar-refractivity contribution in [2.45, 2.75) is 359 Å². The molecular weight excluding hydrogens is 1010 g/mol. The molecule has 6 N–H and O–H groups in total. The molecule has 0 aromatic carbocycles. The molecule has 1 heterocycles. The summed E-state index contributed by atoms with van der Waals surface area (Å²) in [5.74, 6) is -1.20. The number of hydrogen-bond acceptors (Lipinski definition) is 10. The van der Waals surface area contributed by atoms with Crippen LogP contribution in [0.2, 0.25) is 0 Å². The number of amides is 1. The zero-order chi connectivity index (χ0) is 58.9. The van der Waals surface area contributed by atoms with Crippen molar-refractivity contribution in [1.82, 2.24) is 5.32 Å². The van der Waals surface area contributed by atoms with Crippen molar-refractivity contribution in [3.8, 4) is 0 Å². The third-order valence-electron chi connectivity index (χ3n) is 15.9. The summed E-state index contributed by atoms with van der Waals surface area (Å²) in [5.41, 5.74) is 0. The molecular formula is C70H127NO10. The second-order valence-corrected chi connectivity index (χ2v) is 23.6. The van der Waals surface area contributed by atoms with Gasteiger partial charge in [-0.25, -0.2) is 0 Å². The number of carbonyl (C=O) groups excluding carboxylic acids is 2. The highest BCUT2D eigenvalue weighted by Gasteiger charge is 2.47. The fourth-order valence-electron chi connectivity index (χ4n) is 10.5. The summed E-state index contributed by atoms with van der Waals surface area (Å²) in [4.78, 5) is 26.6. The lowest BCUT2D eigenvalue weighted by Gasteiger charge is -2.41. The van der Waals surface area contributed by atoms with E-state index in [1.165, 1.54) is 173 Å². The Morgan fingerprint density at radius 3 is 1.28 bits per heavy atom. The van der Waals surface area contributed by atoms with Crippen molar-refractivity contribution < 1.29 is 49.3 Å². The van der Waals surface area contributed by atoms with E-state index in [-0.39, 0.29) is 19.4 Å². The van der Waals surface area contributed by atoms with Crippen molar-refractivity contribution in [3.63, 3.8) is 0 Å². The fourth-order valence-corrected chi connectivity index (χ4v) is 10.5. The molecule has 0 bridgehead atoms. The number of allylic oxidation sites excluding steroid dienone is 9. The molecule has 1 amide bonds. The summed E-state index contributed by atoms with van der Waals surface area (Å²) >= 11 is 0. The van der Waals surface area contributed by atoms with Gasteiger partial charge >= 0.3 is 5.97 Å². The lowest BCUT2D eigenvalue weighted by atomic mass is 9.99. The van der Waals surface area contributed by atoms with Gasteiger partial charge in [0.1, 0.15) is 24.4 Å². The number of hydrogen-bond donors (Lipinski definition) is 6. The zero-order valence-electron chi connectivity index (χ0n) is 52.4. The summed E-state index contributed by atoms with van der Waals surface area (Å²) in [6.45, 7) is 5.75. The van der Waals surface area contributed by atoms with E-state index in [2.05, 4.69) is 74.7 Å². The Morgan fingerprint density at radius 2 is 0.852 bits per heavy atom. The molecule has 0 aromatic rings. The van der Waals surface area contributed by atoms with E-state index in [9.17, 15) is 35.1 Å². The van der Waals surface area contributed by atoms with Crippen LogP contribution in [0.1, 0.15) is 310 Å². The second kappa shape index (κ2) is 57.8. The topological polar surface area (TPSA) is 175 Å². The minimum atomic E-state index is -1.62. The molecule has 1 aliphatic heterocycles. The Balaban J connectivity index is 2.56. The standard InChI is InChI=1S/C70H127NO10/c1-4-7-10-13-16-19-22-24-26-28-29-30-31-32-33-34-35-36-38-40-43-46-49-52-55-58-65(75)81-68-67(77)66(76)64(59-72)80-70(68)79-60-61(62(73)56-53-50-47-44-41-21-18-15-12-9-6-3)71-69(78)63(74)57-54-51-48-45-42-39-37-27-25-23-20-17-14-11-8-5-2/h16-17,19-20,24-27,53,56,61-64,66-68,70,72-74,76-77H,4-15,18,21-23,28-52,54-55,57-60H2,1-3H3,(H,71,78)/b19-16-,20-17-,26-24-,27-25-,56-53+. The number of unbranched alkanes of at least 4 members (excludes halogenated alkanes) is 36. The molecule has 8 atom stereocenters. The van der Waals surface area contributed by atoms with Gasteiger partial charge in [-0.15, -0.1) is 0 Å². The molecule has 1 aliphatic rings. The van der Waals surface area contributed by atoms with Gasteiger partial charge < -0.3 is 45.1 Å². The molecule has 0 saturated carbocycles. The summed E-state index contributed by atoms with van der Waals surface area (Å²) in [6, 6.07) is -1.03. The van der Waals surface area contributed by atoms with E-state index in [1.54, 1.807) is 6.08 Å². The Kier molecular flexibility index (Phi) is 54.5. The fraction of sp³-hybridized carbons (Fsp3) is 0.829. The van der Waals surface area contributed by atoms with Crippen molar-refractivity contribution in [3.05, 3.63) is 60.8 Å². The summed E-state index contributed by atoms with van der Waals surface area (Å²) < 4.78 is 17.7. The number of ether oxygens (including phenoxy) is 3. The van der Waals surface area contributed by atoms with Crippen LogP contribution in [0.5, 0.6) is 0 Å². The SMILES string of the molecule is CCCCC/C=C\C/C=C\CCCCCCCCCCCCCCCCCC(=O)OC1C(OCC(NC(=O)C(O)CCCCCCCC/C=C\C/C=C\CCCCC)C(O)/C=C/CCCCCCCCCCC)OC(CO)C(O)C1O. The van der Waals surface area contributed by atoms with Crippen LogP contribution in [0.15, 0.2) is 60.8 Å². The predicted molar refractivity (Wildman–Crippen MR) is 338 cm³/mol. The molecule has 0 radical (unpaired) electrons. The first-order chi connectivity index (χ1) is 39.7. The maximum absolute atomic E-state index is 13.4. The van der Waals surface area contributed by atoms with Gasteiger partial charge in [-0.05, 0) is 89.9 Å². The molecule has 0 aliphatic carbocycles. The highest BCUT2D eigenvalue weighted by atomic mass is 16.7. The average molecular weight is 1140 g/mol. The molecule has 472 valence electrons. The van der Waals surface area contributed by atoms with Crippen LogP contribution in [-0.4, -0.2) is 99.6 Å². The Labute approximate surface area is 497 Å². The number of carbonyl (C=O) groups is 2. The largest absolute Gasteiger partial charge is 0.454 e. The van der Waals surface area contributed by atoms with Gasteiger partial charge in [0.05, 0.1) is 25.4 Å². The van der Waals surface area contributed by atoms with Crippen molar-refractivity contribution in [2.75, 3.05) is 13.2 Å². The van der Waals surface area contributed by atoms with E-state index in [4.69, 9.17) is 14.2 Å². The summed E-state index contributed by atoms with van der Waals surface area (Å²) in [6.07, 6.45) is 62.6. The van der Waals surface area contributed by atoms with Crippen LogP contribution in [-0.2, 0) is 23.8 Å². The zero-order valence-corrected chi connectivity index (χ0v) is 52.4. The smallest absolute Gasteiger partial charge is 0.306 e. The lowest BCUT2D eigenvalue weighted by Crippen LogP contribution is -2.61. The van der Waals surface area contributed by atoms with Crippen LogP contribution in [0, 0.1) is 0 Å². The highest BCUT2D eigenvalue weighted by molar-refractivity contribution is 5.80. The minimum absolute atomic E-state index is 0.123. The molecule has 0 aromatic heterocycles. The number of rotatable bonds is 58. The number of esters is 1. The predicted octanol–water partition coefficient (Wildman–Crippen LogP) is 17.0. The van der Waals surface area contributed by atoms with Crippen molar-refractivity contribution >= 4 is 11.9 Å². The Bertz CT molecular complexity index is 1550. The van der Waals surface area contributed by atoms with E-state index < -0.39 is 67.4 Å². The normalized spacial score (nSPS) is 19.0. The van der Waals surface area contributed by atoms with Gasteiger partial charge in [0.15, 0.2) is 12.4 Å². The number of aliphatic hydroxyl groups is 5. The molecule has 1 rings (SSSR count). The third-order valence-corrected chi connectivity index (χ3v) is 15.9. The maximum atomic E-state index is 13.4. The quantitative estimate of drug-likeness (QED) is 0.0195. The monoisotopic (exact) mass is 1140 g/mol. The molecule has 8 unspecified atom stereocenters. The second-order valence-electron chi connectivity index (χ2n) is 23.6. The first kappa shape index (κ1) is 76.4. The Hall–Kier alpha value is -2.64. The summed E-state index contributed by atoms with van der Waals surface area (Å²) in [7, 11) is 0. The molecule has 11 heteroatoms. The highest BCUT2D eigenvalue weighted by Crippen LogP contribution is 2.26. The van der Waals surface area contributed by atoms with Gasteiger partial charge in [0.2, 0.25) is 5.91 Å². The van der Waals surface area contributed by atoms with E-state index in [0.29, 0.717) is 12.8 Å². The molecule has 0 spiro atoms. The van der Waals surface area contributed by atoms with Crippen LogP contribution >= 0.6 is 0 Å². The first-order valence-corrected chi connectivity index (χ1v) is 34.1. The molecule has 1 fully saturated rings.